The molecular formula is C8H7BrN2O. The van der Waals surface area contributed by atoms with E-state index in [1.54, 1.807) is 19.5 Å². The Bertz CT molecular complexity index is 319. The van der Waals surface area contributed by atoms with Crippen molar-refractivity contribution >= 4 is 15.9 Å². The van der Waals surface area contributed by atoms with Crippen molar-refractivity contribution in [2.75, 3.05) is 7.11 Å². The molecule has 0 amide bonds. The highest BCUT2D eigenvalue weighted by molar-refractivity contribution is 9.10. The molecule has 0 spiro atoms. The third-order valence-electron chi connectivity index (χ3n) is 1.42. The van der Waals surface area contributed by atoms with Gasteiger partial charge in [0, 0.05) is 6.20 Å². The van der Waals surface area contributed by atoms with Gasteiger partial charge in [-0.05, 0) is 15.9 Å². The van der Waals surface area contributed by atoms with Gasteiger partial charge in [0.25, 0.3) is 0 Å². The Kier molecular flexibility index (Phi) is 3.06. The lowest BCUT2D eigenvalue weighted by Crippen LogP contribution is -1.92. The molecule has 1 rings (SSSR count). The van der Waals surface area contributed by atoms with Gasteiger partial charge >= 0.3 is 0 Å². The fourth-order valence-electron chi connectivity index (χ4n) is 0.852. The first kappa shape index (κ1) is 9.01. The summed E-state index contributed by atoms with van der Waals surface area (Å²) in [6.07, 6.45) is 3.26. The van der Waals surface area contributed by atoms with E-state index in [0.717, 1.165) is 10.0 Å². The molecule has 12 heavy (non-hydrogen) atoms. The van der Waals surface area contributed by atoms with Crippen molar-refractivity contribution in [3.05, 3.63) is 33.8 Å². The van der Waals surface area contributed by atoms with Crippen LogP contribution < -0.4 is 4.74 Å². The van der Waals surface area contributed by atoms with Gasteiger partial charge < -0.3 is 9.58 Å². The zero-order valence-electron chi connectivity index (χ0n) is 6.54. The minimum atomic E-state index is 0.312. The molecule has 0 radical (unpaired) electrons. The van der Waals surface area contributed by atoms with Crippen molar-refractivity contribution in [3.63, 3.8) is 0 Å². The third kappa shape index (κ3) is 1.74. The topological polar surface area (TPSA) is 26.5 Å². The SMILES string of the molecule is [C-]#[N+]Cc1c(Br)cncc1OC. The number of ether oxygens (including phenoxy) is 1. The van der Waals surface area contributed by atoms with Crippen LogP contribution in [-0.4, -0.2) is 12.1 Å². The molecule has 3 nitrogen and oxygen atoms in total. The van der Waals surface area contributed by atoms with Crippen LogP contribution >= 0.6 is 15.9 Å². The number of nitrogens with zero attached hydrogens (tertiary/aromatic N) is 2. The standard InChI is InChI=1S/C8H7BrN2O/c1-10-3-6-7(9)4-11-5-8(6)12-2/h4-5H,3H2,2H3. The summed E-state index contributed by atoms with van der Waals surface area (Å²) in [5.41, 5.74) is 0.850. The molecule has 1 aromatic heterocycles. The molecule has 1 heterocycles. The van der Waals surface area contributed by atoms with E-state index >= 15 is 0 Å². The summed E-state index contributed by atoms with van der Waals surface area (Å²) in [5.74, 6) is 0.653. The average Bonchev–Trinajstić information content (AvgIpc) is 2.09. The van der Waals surface area contributed by atoms with Crippen LogP contribution in [0.3, 0.4) is 0 Å². The molecule has 0 saturated carbocycles. The number of hydrogen-bond acceptors (Lipinski definition) is 2. The molecule has 0 bridgehead atoms. The fourth-order valence-corrected chi connectivity index (χ4v) is 1.29. The number of pyridine rings is 1. The first-order chi connectivity index (χ1) is 5.79. The van der Waals surface area contributed by atoms with Crippen LogP contribution in [0.2, 0.25) is 0 Å². The Hall–Kier alpha value is -1.08. The summed E-state index contributed by atoms with van der Waals surface area (Å²) in [6, 6.07) is 0. The van der Waals surface area contributed by atoms with Gasteiger partial charge in [0.15, 0.2) is 0 Å². The fraction of sp³-hybridized carbons (Fsp3) is 0.250. The molecule has 62 valence electrons. The van der Waals surface area contributed by atoms with Gasteiger partial charge in [-0.2, -0.15) is 0 Å². The Balaban J connectivity index is 3.12. The Labute approximate surface area is 79.3 Å². The van der Waals surface area contributed by atoms with Crippen molar-refractivity contribution in [2.45, 2.75) is 6.54 Å². The van der Waals surface area contributed by atoms with Gasteiger partial charge in [0.05, 0.1) is 23.3 Å². The molecule has 0 saturated heterocycles. The number of aromatic nitrogens is 1. The molecular weight excluding hydrogens is 220 g/mol. The summed E-state index contributed by atoms with van der Waals surface area (Å²) < 4.78 is 5.86. The first-order valence-electron chi connectivity index (χ1n) is 3.29. The van der Waals surface area contributed by atoms with Crippen molar-refractivity contribution in [3.8, 4) is 5.75 Å². The lowest BCUT2D eigenvalue weighted by Gasteiger charge is -2.03. The monoisotopic (exact) mass is 226 g/mol. The summed E-state index contributed by atoms with van der Waals surface area (Å²) in [7, 11) is 1.57. The smallest absolute Gasteiger partial charge is 0.244 e. The second kappa shape index (κ2) is 4.07. The number of methoxy groups -OCH3 is 1. The minimum Gasteiger partial charge on any atom is -0.495 e. The molecule has 0 fully saturated rings. The van der Waals surface area contributed by atoms with E-state index in [9.17, 15) is 0 Å². The molecule has 0 aromatic carbocycles. The molecule has 4 heteroatoms. The van der Waals surface area contributed by atoms with Gasteiger partial charge in [0.1, 0.15) is 5.75 Å². The zero-order chi connectivity index (χ0) is 8.97. The van der Waals surface area contributed by atoms with Crippen LogP contribution in [0.5, 0.6) is 5.75 Å². The van der Waals surface area contributed by atoms with Gasteiger partial charge in [-0.1, -0.05) is 0 Å². The summed E-state index contributed by atoms with van der Waals surface area (Å²) in [5, 5.41) is 0. The molecule has 0 aliphatic carbocycles. The lowest BCUT2D eigenvalue weighted by atomic mass is 10.2. The normalized spacial score (nSPS) is 9.08. The lowest BCUT2D eigenvalue weighted by molar-refractivity contribution is 0.408. The van der Waals surface area contributed by atoms with Crippen LogP contribution in [0.25, 0.3) is 4.85 Å². The van der Waals surface area contributed by atoms with Crippen LogP contribution in [0, 0.1) is 6.57 Å². The summed E-state index contributed by atoms with van der Waals surface area (Å²) in [6.45, 7) is 7.05. The molecule has 0 unspecified atom stereocenters. The van der Waals surface area contributed by atoms with Crippen molar-refractivity contribution < 1.29 is 4.74 Å². The molecule has 1 aromatic rings. The van der Waals surface area contributed by atoms with E-state index in [1.165, 1.54) is 0 Å². The molecule has 0 aliphatic rings. The summed E-state index contributed by atoms with van der Waals surface area (Å²) >= 11 is 3.30. The quantitative estimate of drug-likeness (QED) is 0.724. The van der Waals surface area contributed by atoms with Crippen molar-refractivity contribution in [1.82, 2.24) is 4.98 Å². The number of rotatable bonds is 2. The highest BCUT2D eigenvalue weighted by Gasteiger charge is 2.09. The van der Waals surface area contributed by atoms with E-state index in [4.69, 9.17) is 11.3 Å². The number of halogens is 1. The van der Waals surface area contributed by atoms with Gasteiger partial charge in [-0.25, -0.2) is 6.57 Å². The number of hydrogen-bond donors (Lipinski definition) is 0. The maximum absolute atomic E-state index is 6.74. The summed E-state index contributed by atoms with van der Waals surface area (Å²) in [4.78, 5) is 7.21. The maximum Gasteiger partial charge on any atom is 0.244 e. The predicted molar refractivity (Wildman–Crippen MR) is 48.8 cm³/mol. The van der Waals surface area contributed by atoms with E-state index in [-0.39, 0.29) is 0 Å². The van der Waals surface area contributed by atoms with Crippen molar-refractivity contribution in [2.24, 2.45) is 0 Å². The van der Waals surface area contributed by atoms with Crippen LogP contribution in [0.15, 0.2) is 16.9 Å². The van der Waals surface area contributed by atoms with E-state index < -0.39 is 0 Å². The highest BCUT2D eigenvalue weighted by Crippen LogP contribution is 2.25. The molecule has 0 aliphatic heterocycles. The van der Waals surface area contributed by atoms with E-state index in [2.05, 4.69) is 25.8 Å². The Morgan fingerprint density at radius 3 is 3.00 bits per heavy atom. The van der Waals surface area contributed by atoms with Crippen LogP contribution in [0.4, 0.5) is 0 Å². The van der Waals surface area contributed by atoms with Gasteiger partial charge in [0.2, 0.25) is 6.54 Å². The second-order valence-electron chi connectivity index (χ2n) is 2.12. The highest BCUT2D eigenvalue weighted by atomic mass is 79.9. The minimum absolute atomic E-state index is 0.312. The van der Waals surface area contributed by atoms with E-state index in [0.29, 0.717) is 12.3 Å². The molecule has 0 atom stereocenters. The average molecular weight is 227 g/mol. The predicted octanol–water partition coefficient (Wildman–Crippen LogP) is 2.27. The Morgan fingerprint density at radius 2 is 2.42 bits per heavy atom. The van der Waals surface area contributed by atoms with E-state index in [1.807, 2.05) is 0 Å². The molecule has 0 N–H and O–H groups in total. The van der Waals surface area contributed by atoms with Gasteiger partial charge in [-0.15, -0.1) is 0 Å². The second-order valence-corrected chi connectivity index (χ2v) is 2.97. The van der Waals surface area contributed by atoms with Crippen LogP contribution in [-0.2, 0) is 6.54 Å². The zero-order valence-corrected chi connectivity index (χ0v) is 8.13. The van der Waals surface area contributed by atoms with Gasteiger partial charge in [-0.3, -0.25) is 4.98 Å². The Morgan fingerprint density at radius 1 is 1.67 bits per heavy atom. The maximum atomic E-state index is 6.74. The van der Waals surface area contributed by atoms with Crippen LogP contribution in [0.1, 0.15) is 5.56 Å². The van der Waals surface area contributed by atoms with Crippen molar-refractivity contribution in [1.29, 1.82) is 0 Å². The largest absolute Gasteiger partial charge is 0.495 e. The first-order valence-corrected chi connectivity index (χ1v) is 4.08. The third-order valence-corrected chi connectivity index (χ3v) is 2.11.